The van der Waals surface area contributed by atoms with Crippen molar-refractivity contribution in [2.75, 3.05) is 13.1 Å². The topological polar surface area (TPSA) is 49.4 Å². The van der Waals surface area contributed by atoms with Gasteiger partial charge in [-0.15, -0.1) is 0 Å². The maximum atomic E-state index is 12.2. The molecule has 1 N–H and O–H groups in total. The lowest BCUT2D eigenvalue weighted by atomic mass is 9.83. The maximum Gasteiger partial charge on any atom is 0.324 e. The van der Waals surface area contributed by atoms with E-state index in [1.165, 1.54) is 4.90 Å². The molecule has 1 aliphatic carbocycles. The smallest absolute Gasteiger partial charge is 0.324 e. The Morgan fingerprint density at radius 2 is 2.00 bits per heavy atom. The highest BCUT2D eigenvalue weighted by atomic mass is 16.2. The zero-order chi connectivity index (χ0) is 10.9. The van der Waals surface area contributed by atoms with Crippen LogP contribution in [0.4, 0.5) is 4.79 Å². The molecule has 0 aromatic carbocycles. The monoisotopic (exact) mass is 210 g/mol. The van der Waals surface area contributed by atoms with Crippen molar-refractivity contribution < 1.29 is 9.59 Å². The standard InChI is InChI=1S/C11H18N2O2/c1-2-7-13-9(14)11(5-3-4-6-11)8-12-10(13)15/h2-8H2,1H3,(H,12,15). The molecule has 0 radical (unpaired) electrons. The van der Waals surface area contributed by atoms with Gasteiger partial charge < -0.3 is 5.32 Å². The molecule has 0 unspecified atom stereocenters. The zero-order valence-electron chi connectivity index (χ0n) is 9.21. The van der Waals surface area contributed by atoms with Gasteiger partial charge in [0.25, 0.3) is 0 Å². The summed E-state index contributed by atoms with van der Waals surface area (Å²) in [6.45, 7) is 3.08. The number of amides is 3. The quantitative estimate of drug-likeness (QED) is 0.751. The molecule has 1 spiro atoms. The average molecular weight is 210 g/mol. The van der Waals surface area contributed by atoms with Gasteiger partial charge in [-0.3, -0.25) is 9.69 Å². The Morgan fingerprint density at radius 1 is 1.33 bits per heavy atom. The third-order valence-corrected chi connectivity index (χ3v) is 3.53. The number of nitrogens with one attached hydrogen (secondary N) is 1. The van der Waals surface area contributed by atoms with Crippen molar-refractivity contribution in [1.82, 2.24) is 10.2 Å². The van der Waals surface area contributed by atoms with Gasteiger partial charge in [0.1, 0.15) is 0 Å². The summed E-state index contributed by atoms with van der Waals surface area (Å²) in [5.74, 6) is 0.0607. The summed E-state index contributed by atoms with van der Waals surface area (Å²) in [4.78, 5) is 25.1. The van der Waals surface area contributed by atoms with E-state index in [-0.39, 0.29) is 17.4 Å². The minimum atomic E-state index is -0.261. The van der Waals surface area contributed by atoms with Crippen molar-refractivity contribution in [3.63, 3.8) is 0 Å². The number of nitrogens with zero attached hydrogens (tertiary/aromatic N) is 1. The minimum Gasteiger partial charge on any atom is -0.337 e. The van der Waals surface area contributed by atoms with Crippen LogP contribution in [0.3, 0.4) is 0 Å². The highest BCUT2D eigenvalue weighted by Gasteiger charge is 2.48. The summed E-state index contributed by atoms with van der Waals surface area (Å²) in [6, 6.07) is -0.209. The van der Waals surface area contributed by atoms with E-state index in [1.807, 2.05) is 6.92 Å². The van der Waals surface area contributed by atoms with E-state index in [2.05, 4.69) is 5.32 Å². The molecule has 2 fully saturated rings. The van der Waals surface area contributed by atoms with E-state index >= 15 is 0 Å². The van der Waals surface area contributed by atoms with Crippen molar-refractivity contribution in [3.05, 3.63) is 0 Å². The van der Waals surface area contributed by atoms with Crippen molar-refractivity contribution in [3.8, 4) is 0 Å². The molecule has 1 saturated heterocycles. The van der Waals surface area contributed by atoms with E-state index in [4.69, 9.17) is 0 Å². The van der Waals surface area contributed by atoms with Gasteiger partial charge in [-0.1, -0.05) is 19.8 Å². The Kier molecular flexibility index (Phi) is 2.67. The van der Waals surface area contributed by atoms with Crippen LogP contribution in [-0.2, 0) is 4.79 Å². The molecule has 84 valence electrons. The van der Waals surface area contributed by atoms with Gasteiger partial charge in [-0.2, -0.15) is 0 Å². The minimum absolute atomic E-state index is 0.0607. The average Bonchev–Trinajstić information content (AvgIpc) is 2.69. The number of rotatable bonds is 2. The lowest BCUT2D eigenvalue weighted by Crippen LogP contribution is -2.59. The molecule has 4 nitrogen and oxygen atoms in total. The first-order chi connectivity index (χ1) is 7.19. The van der Waals surface area contributed by atoms with E-state index in [0.717, 1.165) is 32.1 Å². The maximum absolute atomic E-state index is 12.2. The van der Waals surface area contributed by atoms with Crippen molar-refractivity contribution in [2.45, 2.75) is 39.0 Å². The summed E-state index contributed by atoms with van der Waals surface area (Å²) in [7, 11) is 0. The van der Waals surface area contributed by atoms with Crippen LogP contribution in [0.2, 0.25) is 0 Å². The predicted octanol–water partition coefficient (Wildman–Crippen LogP) is 1.51. The summed E-state index contributed by atoms with van der Waals surface area (Å²) in [5, 5.41) is 2.85. The Hall–Kier alpha value is -1.06. The molecular weight excluding hydrogens is 192 g/mol. The molecule has 3 amide bonds. The molecule has 0 aromatic heterocycles. The summed E-state index contributed by atoms with van der Waals surface area (Å²) in [6.07, 6.45) is 4.93. The summed E-state index contributed by atoms with van der Waals surface area (Å²) in [5.41, 5.74) is -0.261. The van der Waals surface area contributed by atoms with Gasteiger partial charge in [0.05, 0.1) is 5.41 Å². The molecule has 2 aliphatic rings. The van der Waals surface area contributed by atoms with Gasteiger partial charge in [-0.25, -0.2) is 4.79 Å². The second-order valence-electron chi connectivity index (χ2n) is 4.60. The normalized spacial score (nSPS) is 24.7. The van der Waals surface area contributed by atoms with Crippen LogP contribution < -0.4 is 5.32 Å². The van der Waals surface area contributed by atoms with Gasteiger partial charge >= 0.3 is 6.03 Å². The van der Waals surface area contributed by atoms with Gasteiger partial charge in [0.2, 0.25) is 5.91 Å². The lowest BCUT2D eigenvalue weighted by Gasteiger charge is -2.38. The number of imide groups is 1. The van der Waals surface area contributed by atoms with Crippen LogP contribution in [0.15, 0.2) is 0 Å². The van der Waals surface area contributed by atoms with E-state index in [1.54, 1.807) is 0 Å². The van der Waals surface area contributed by atoms with Crippen LogP contribution in [0.5, 0.6) is 0 Å². The fourth-order valence-corrected chi connectivity index (χ4v) is 2.66. The van der Waals surface area contributed by atoms with Gasteiger partial charge in [-0.05, 0) is 19.3 Å². The molecule has 1 heterocycles. The molecule has 15 heavy (non-hydrogen) atoms. The first kappa shape index (κ1) is 10.5. The van der Waals surface area contributed by atoms with Gasteiger partial charge in [0.15, 0.2) is 0 Å². The van der Waals surface area contributed by atoms with Crippen LogP contribution in [0, 0.1) is 5.41 Å². The van der Waals surface area contributed by atoms with Crippen molar-refractivity contribution in [1.29, 1.82) is 0 Å². The molecular formula is C11H18N2O2. The van der Waals surface area contributed by atoms with Crippen LogP contribution in [0.25, 0.3) is 0 Å². The van der Waals surface area contributed by atoms with Gasteiger partial charge in [0, 0.05) is 13.1 Å². The number of carbonyl (C=O) groups is 2. The predicted molar refractivity (Wildman–Crippen MR) is 56.3 cm³/mol. The molecule has 1 saturated carbocycles. The Bertz CT molecular complexity index is 282. The number of hydrogen-bond acceptors (Lipinski definition) is 2. The summed E-state index contributed by atoms with van der Waals surface area (Å²) < 4.78 is 0. The van der Waals surface area contributed by atoms with E-state index < -0.39 is 0 Å². The van der Waals surface area contributed by atoms with Crippen molar-refractivity contribution >= 4 is 11.9 Å². The second kappa shape index (κ2) is 3.83. The highest BCUT2D eigenvalue weighted by molar-refractivity contribution is 6.00. The van der Waals surface area contributed by atoms with E-state index in [0.29, 0.717) is 13.1 Å². The fourth-order valence-electron chi connectivity index (χ4n) is 2.66. The first-order valence-corrected chi connectivity index (χ1v) is 5.79. The Balaban J connectivity index is 2.17. The fraction of sp³-hybridized carbons (Fsp3) is 0.818. The first-order valence-electron chi connectivity index (χ1n) is 5.79. The number of urea groups is 1. The molecule has 0 aromatic rings. The number of hydrogen-bond donors (Lipinski definition) is 1. The van der Waals surface area contributed by atoms with Crippen LogP contribution >= 0.6 is 0 Å². The number of carbonyl (C=O) groups excluding carboxylic acids is 2. The van der Waals surface area contributed by atoms with E-state index in [9.17, 15) is 9.59 Å². The third-order valence-electron chi connectivity index (χ3n) is 3.53. The second-order valence-corrected chi connectivity index (χ2v) is 4.60. The molecule has 0 bridgehead atoms. The summed E-state index contributed by atoms with van der Waals surface area (Å²) >= 11 is 0. The third kappa shape index (κ3) is 1.62. The molecule has 1 aliphatic heterocycles. The van der Waals surface area contributed by atoms with Crippen molar-refractivity contribution in [2.24, 2.45) is 5.41 Å². The van der Waals surface area contributed by atoms with Crippen LogP contribution in [-0.4, -0.2) is 29.9 Å². The Morgan fingerprint density at radius 3 is 2.60 bits per heavy atom. The molecule has 4 heteroatoms. The van der Waals surface area contributed by atoms with Crippen LogP contribution in [0.1, 0.15) is 39.0 Å². The lowest BCUT2D eigenvalue weighted by molar-refractivity contribution is -0.140. The largest absolute Gasteiger partial charge is 0.337 e. The SMILES string of the molecule is CCCN1C(=O)NCC2(CCCC2)C1=O. The Labute approximate surface area is 90.0 Å². The zero-order valence-corrected chi connectivity index (χ0v) is 9.21. The highest BCUT2D eigenvalue weighted by Crippen LogP contribution is 2.40. The molecule has 0 atom stereocenters. The molecule has 2 rings (SSSR count).